The molecule has 1 aromatic heterocycles. The molecule has 0 unspecified atom stereocenters. The number of aromatic nitrogens is 2. The van der Waals surface area contributed by atoms with Crippen LogP contribution in [0.3, 0.4) is 0 Å². The first-order valence-corrected chi connectivity index (χ1v) is 6.68. The van der Waals surface area contributed by atoms with Gasteiger partial charge in [-0.2, -0.15) is 5.10 Å². The first-order valence-electron chi connectivity index (χ1n) is 5.07. The number of benzene rings is 1. The number of halogens is 1. The lowest BCUT2D eigenvalue weighted by Crippen LogP contribution is -1.99. The van der Waals surface area contributed by atoms with E-state index in [1.54, 1.807) is 18.2 Å². The fourth-order valence-corrected chi connectivity index (χ4v) is 2.72. The van der Waals surface area contributed by atoms with Crippen LogP contribution >= 0.6 is 27.7 Å². The molecule has 0 fully saturated rings. The van der Waals surface area contributed by atoms with Gasteiger partial charge >= 0.3 is 5.97 Å². The zero-order valence-electron chi connectivity index (χ0n) is 9.42. The molecule has 0 spiro atoms. The molecule has 1 N–H and O–H groups in total. The molecule has 2 aromatic rings. The second-order valence-corrected chi connectivity index (χ2v) is 5.54. The lowest BCUT2D eigenvalue weighted by molar-refractivity contribution is 0.0693. The molecule has 0 aliphatic rings. The standard InChI is InChI=1S/C12H9BrN2O2S/c1-7-2-5-11(15-14-7)18-10-6-8(13)3-4-9(10)12(16)17/h2-6H,1H3,(H,16,17). The molecule has 0 atom stereocenters. The minimum Gasteiger partial charge on any atom is -0.478 e. The third-order valence-corrected chi connectivity index (χ3v) is 3.64. The van der Waals surface area contributed by atoms with E-state index in [0.29, 0.717) is 9.92 Å². The van der Waals surface area contributed by atoms with Gasteiger partial charge in [0.05, 0.1) is 11.3 Å². The number of carbonyl (C=O) groups is 1. The van der Waals surface area contributed by atoms with Crippen LogP contribution < -0.4 is 0 Å². The normalized spacial score (nSPS) is 10.3. The molecule has 0 aliphatic heterocycles. The van der Waals surface area contributed by atoms with Crippen molar-refractivity contribution in [3.63, 3.8) is 0 Å². The Labute approximate surface area is 117 Å². The Bertz CT molecular complexity index is 587. The fourth-order valence-electron chi connectivity index (χ4n) is 1.31. The largest absolute Gasteiger partial charge is 0.478 e. The van der Waals surface area contributed by atoms with Crippen LogP contribution in [0.25, 0.3) is 0 Å². The summed E-state index contributed by atoms with van der Waals surface area (Å²) in [6.45, 7) is 1.85. The van der Waals surface area contributed by atoms with Crippen molar-refractivity contribution in [2.45, 2.75) is 16.8 Å². The minimum absolute atomic E-state index is 0.255. The maximum atomic E-state index is 11.1. The Morgan fingerprint density at radius 3 is 2.67 bits per heavy atom. The quantitative estimate of drug-likeness (QED) is 0.937. The van der Waals surface area contributed by atoms with Gasteiger partial charge < -0.3 is 5.11 Å². The number of rotatable bonds is 3. The highest BCUT2D eigenvalue weighted by Gasteiger charge is 2.12. The summed E-state index contributed by atoms with van der Waals surface area (Å²) in [5.74, 6) is -0.954. The van der Waals surface area contributed by atoms with Gasteiger partial charge in [0.1, 0.15) is 5.03 Å². The molecule has 0 saturated heterocycles. The molecule has 1 heterocycles. The molecule has 6 heteroatoms. The van der Waals surface area contributed by atoms with Crippen molar-refractivity contribution in [2.75, 3.05) is 0 Å². The van der Waals surface area contributed by atoms with Gasteiger partial charge in [0.15, 0.2) is 0 Å². The highest BCUT2D eigenvalue weighted by molar-refractivity contribution is 9.10. The van der Waals surface area contributed by atoms with Crippen molar-refractivity contribution in [3.8, 4) is 0 Å². The summed E-state index contributed by atoms with van der Waals surface area (Å²) in [5.41, 5.74) is 1.08. The maximum Gasteiger partial charge on any atom is 0.336 e. The highest BCUT2D eigenvalue weighted by Crippen LogP contribution is 2.31. The lowest BCUT2D eigenvalue weighted by Gasteiger charge is -2.05. The van der Waals surface area contributed by atoms with Crippen LogP contribution in [-0.2, 0) is 0 Å². The Kier molecular flexibility index (Phi) is 3.98. The summed E-state index contributed by atoms with van der Waals surface area (Å²) in [7, 11) is 0. The van der Waals surface area contributed by atoms with E-state index in [1.165, 1.54) is 11.8 Å². The van der Waals surface area contributed by atoms with Crippen LogP contribution in [0.15, 0.2) is 44.7 Å². The smallest absolute Gasteiger partial charge is 0.336 e. The van der Waals surface area contributed by atoms with E-state index in [4.69, 9.17) is 5.11 Å². The molecule has 1 aromatic carbocycles. The third kappa shape index (κ3) is 3.08. The Balaban J connectivity index is 2.35. The molecule has 0 radical (unpaired) electrons. The van der Waals surface area contributed by atoms with Crippen LogP contribution in [0, 0.1) is 6.92 Å². The summed E-state index contributed by atoms with van der Waals surface area (Å²) in [4.78, 5) is 11.7. The summed E-state index contributed by atoms with van der Waals surface area (Å²) in [6.07, 6.45) is 0. The van der Waals surface area contributed by atoms with E-state index in [0.717, 1.165) is 10.2 Å². The van der Waals surface area contributed by atoms with Gasteiger partial charge in [0.25, 0.3) is 0 Å². The number of hydrogen-bond acceptors (Lipinski definition) is 4. The van der Waals surface area contributed by atoms with Crippen molar-refractivity contribution >= 4 is 33.7 Å². The predicted molar refractivity (Wildman–Crippen MR) is 72.0 cm³/mol. The molecular formula is C12H9BrN2O2S. The second kappa shape index (κ2) is 5.49. The van der Waals surface area contributed by atoms with Gasteiger partial charge in [-0.3, -0.25) is 0 Å². The molecular weight excluding hydrogens is 316 g/mol. The Morgan fingerprint density at radius 1 is 1.28 bits per heavy atom. The van der Waals surface area contributed by atoms with Gasteiger partial charge in [-0.05, 0) is 37.3 Å². The Hall–Kier alpha value is -1.40. The van der Waals surface area contributed by atoms with Crippen LogP contribution in [0.2, 0.25) is 0 Å². The molecule has 0 amide bonds. The van der Waals surface area contributed by atoms with Crippen molar-refractivity contribution in [1.82, 2.24) is 10.2 Å². The summed E-state index contributed by atoms with van der Waals surface area (Å²) in [6, 6.07) is 8.69. The molecule has 0 bridgehead atoms. The molecule has 18 heavy (non-hydrogen) atoms. The highest BCUT2D eigenvalue weighted by atomic mass is 79.9. The van der Waals surface area contributed by atoms with E-state index < -0.39 is 5.97 Å². The van der Waals surface area contributed by atoms with Crippen molar-refractivity contribution in [3.05, 3.63) is 46.1 Å². The molecule has 0 aliphatic carbocycles. The topological polar surface area (TPSA) is 63.1 Å². The average Bonchev–Trinajstić information content (AvgIpc) is 2.32. The van der Waals surface area contributed by atoms with Crippen LogP contribution in [-0.4, -0.2) is 21.3 Å². The third-order valence-electron chi connectivity index (χ3n) is 2.16. The number of hydrogen-bond donors (Lipinski definition) is 1. The number of nitrogens with zero attached hydrogens (tertiary/aromatic N) is 2. The molecule has 2 rings (SSSR count). The number of aromatic carboxylic acids is 1. The average molecular weight is 325 g/mol. The van der Waals surface area contributed by atoms with Gasteiger partial charge in [0, 0.05) is 9.37 Å². The summed E-state index contributed by atoms with van der Waals surface area (Å²) in [5, 5.41) is 17.7. The van der Waals surface area contributed by atoms with E-state index >= 15 is 0 Å². The SMILES string of the molecule is Cc1ccc(Sc2cc(Br)ccc2C(=O)O)nn1. The predicted octanol–water partition coefficient (Wildman–Crippen LogP) is 3.40. The zero-order chi connectivity index (χ0) is 13.1. The van der Waals surface area contributed by atoms with Crippen LogP contribution in [0.4, 0.5) is 0 Å². The van der Waals surface area contributed by atoms with Crippen LogP contribution in [0.1, 0.15) is 16.1 Å². The first-order chi connectivity index (χ1) is 8.56. The van der Waals surface area contributed by atoms with E-state index in [2.05, 4.69) is 26.1 Å². The fraction of sp³-hybridized carbons (Fsp3) is 0.0833. The number of carboxylic acids is 1. The van der Waals surface area contributed by atoms with Crippen molar-refractivity contribution in [2.24, 2.45) is 0 Å². The minimum atomic E-state index is -0.954. The van der Waals surface area contributed by atoms with Crippen molar-refractivity contribution in [1.29, 1.82) is 0 Å². The van der Waals surface area contributed by atoms with Gasteiger partial charge in [0.2, 0.25) is 0 Å². The molecule has 92 valence electrons. The van der Waals surface area contributed by atoms with E-state index in [-0.39, 0.29) is 5.56 Å². The zero-order valence-corrected chi connectivity index (χ0v) is 11.8. The summed E-state index contributed by atoms with van der Waals surface area (Å²) < 4.78 is 0.829. The maximum absolute atomic E-state index is 11.1. The summed E-state index contributed by atoms with van der Waals surface area (Å²) >= 11 is 4.61. The monoisotopic (exact) mass is 324 g/mol. The van der Waals surface area contributed by atoms with Crippen LogP contribution in [0.5, 0.6) is 0 Å². The van der Waals surface area contributed by atoms with E-state index in [1.807, 2.05) is 19.1 Å². The molecule has 4 nitrogen and oxygen atoms in total. The lowest BCUT2D eigenvalue weighted by atomic mass is 10.2. The number of aryl methyl sites for hydroxylation is 1. The van der Waals surface area contributed by atoms with Gasteiger partial charge in [-0.25, -0.2) is 4.79 Å². The van der Waals surface area contributed by atoms with Gasteiger partial charge in [-0.1, -0.05) is 27.7 Å². The first kappa shape index (κ1) is 13.0. The second-order valence-electron chi connectivity index (χ2n) is 3.56. The molecule has 0 saturated carbocycles. The van der Waals surface area contributed by atoms with E-state index in [9.17, 15) is 4.79 Å². The van der Waals surface area contributed by atoms with Gasteiger partial charge in [-0.15, -0.1) is 5.10 Å². The number of carboxylic acid groups (broad SMARTS) is 1. The Morgan fingerprint density at radius 2 is 2.06 bits per heavy atom. The van der Waals surface area contributed by atoms with Crippen molar-refractivity contribution < 1.29 is 9.90 Å².